The van der Waals surface area contributed by atoms with Crippen LogP contribution in [-0.4, -0.2) is 70.0 Å². The van der Waals surface area contributed by atoms with Gasteiger partial charge in [0, 0.05) is 17.1 Å². The van der Waals surface area contributed by atoms with Gasteiger partial charge in [-0.15, -0.1) is 20.5 Å². The van der Waals surface area contributed by atoms with Gasteiger partial charge in [-0.3, -0.25) is 22.8 Å². The molecule has 4 aromatic carbocycles. The van der Waals surface area contributed by atoms with Crippen molar-refractivity contribution >= 4 is 95.5 Å². The van der Waals surface area contributed by atoms with Crippen LogP contribution >= 0.6 is 0 Å². The van der Waals surface area contributed by atoms with Gasteiger partial charge < -0.3 is 16.6 Å². The molecular weight excluding hydrogens is 765 g/mol. The van der Waals surface area contributed by atoms with E-state index >= 15 is 0 Å². The Morgan fingerprint density at radius 2 is 1.00 bits per heavy atom. The van der Waals surface area contributed by atoms with Crippen molar-refractivity contribution in [2.75, 3.05) is 11.5 Å². The molecule has 0 bridgehead atoms. The van der Waals surface area contributed by atoms with Crippen molar-refractivity contribution in [3.05, 3.63) is 48.5 Å². The first-order valence-electron chi connectivity index (χ1n) is 12.1. The third kappa shape index (κ3) is 7.80. The maximum Gasteiger partial charge on any atom is 0.299 e. The molecule has 4 rings (SSSR count). The fraction of sp³-hybridized carbons (Fsp3) is 0. The first kappa shape index (κ1) is 37.1. The summed E-state index contributed by atoms with van der Waals surface area (Å²) in [5.41, 5.74) is 6.29. The smallest absolute Gasteiger partial charge is 0.299 e. The number of rotatable bonds is 9. The molecule has 0 saturated carbocycles. The summed E-state index contributed by atoms with van der Waals surface area (Å²) in [5.74, 6) is -1.13. The number of benzene rings is 4. The van der Waals surface area contributed by atoms with Gasteiger partial charge in [-0.25, -0.2) is 0 Å². The number of azo groups is 2. The number of fused-ring (bicyclic) bond motifs is 1. The highest BCUT2D eigenvalue weighted by molar-refractivity contribution is 7.87. The predicted octanol–water partition coefficient (Wildman–Crippen LogP) is 2.77. The van der Waals surface area contributed by atoms with E-state index in [9.17, 15) is 70.0 Å². The Morgan fingerprint density at radius 3 is 1.49 bits per heavy atom. The molecule has 0 radical (unpaired) electrons. The van der Waals surface area contributed by atoms with Crippen molar-refractivity contribution in [1.29, 1.82) is 0 Å². The van der Waals surface area contributed by atoms with Gasteiger partial charge in [0.2, 0.25) is 0 Å². The molecular formula is C22H18N6O16S5. The lowest BCUT2D eigenvalue weighted by Crippen LogP contribution is -2.04. The summed E-state index contributed by atoms with van der Waals surface area (Å²) >= 11 is 0. The van der Waals surface area contributed by atoms with Gasteiger partial charge in [0.1, 0.15) is 38.3 Å². The molecule has 0 fully saturated rings. The molecule has 0 heterocycles. The van der Waals surface area contributed by atoms with Crippen LogP contribution in [0.5, 0.6) is 5.75 Å². The largest absolute Gasteiger partial charge is 0.507 e. The van der Waals surface area contributed by atoms with Crippen LogP contribution in [-0.2, 0) is 50.6 Å². The highest BCUT2D eigenvalue weighted by Gasteiger charge is 2.31. The zero-order valence-electron chi connectivity index (χ0n) is 23.4. The SMILES string of the molecule is Nc1ccc(S(=O)(=O)O)c(N=Nc2c(S(=O)(=O)O)c(N=Nc3cc(S(=O)(=O)O)ccc3S(=O)(=O)O)c3cc(S(=O)(=O)O)cc(O)c3c2N)c1. The molecule has 22 nitrogen and oxygen atoms in total. The zero-order chi connectivity index (χ0) is 37.1. The molecule has 0 aromatic heterocycles. The number of phenolic OH excluding ortho intramolecular Hbond substituents is 1. The zero-order valence-corrected chi connectivity index (χ0v) is 27.5. The topological polar surface area (TPSA) is 394 Å². The van der Waals surface area contributed by atoms with Gasteiger partial charge in [0.15, 0.2) is 4.90 Å². The molecule has 49 heavy (non-hydrogen) atoms. The highest BCUT2D eigenvalue weighted by Crippen LogP contribution is 2.50. The number of hydrogen-bond acceptors (Lipinski definition) is 17. The molecule has 0 aliphatic heterocycles. The van der Waals surface area contributed by atoms with Crippen LogP contribution < -0.4 is 11.5 Å². The molecule has 27 heteroatoms. The maximum atomic E-state index is 12.8. The Hall–Kier alpha value is -4.71. The predicted molar refractivity (Wildman–Crippen MR) is 165 cm³/mol. The van der Waals surface area contributed by atoms with E-state index in [1.807, 2.05) is 0 Å². The van der Waals surface area contributed by atoms with E-state index in [0.717, 1.165) is 18.2 Å². The van der Waals surface area contributed by atoms with Crippen molar-refractivity contribution in [2.24, 2.45) is 20.5 Å². The van der Waals surface area contributed by atoms with E-state index < -0.39 is 120 Å². The normalized spacial score (nSPS) is 13.5. The fourth-order valence-corrected chi connectivity index (χ4v) is 7.16. The van der Waals surface area contributed by atoms with Gasteiger partial charge >= 0.3 is 0 Å². The van der Waals surface area contributed by atoms with Crippen LogP contribution in [0.25, 0.3) is 10.8 Å². The first-order chi connectivity index (χ1) is 22.2. The monoisotopic (exact) mass is 782 g/mol. The molecule has 0 aliphatic rings. The quantitative estimate of drug-likeness (QED) is 0.0687. The molecule has 0 unspecified atom stereocenters. The lowest BCUT2D eigenvalue weighted by atomic mass is 10.0. The van der Waals surface area contributed by atoms with Gasteiger partial charge in [-0.1, -0.05) is 0 Å². The summed E-state index contributed by atoms with van der Waals surface area (Å²) in [5, 5.41) is 23.1. The number of nitrogens with two attached hydrogens (primary N) is 2. The van der Waals surface area contributed by atoms with E-state index in [1.165, 1.54) is 0 Å². The van der Waals surface area contributed by atoms with Crippen molar-refractivity contribution < 1.29 is 70.0 Å². The Kier molecular flexibility index (Phi) is 9.33. The first-order valence-corrected chi connectivity index (χ1v) is 19.3. The van der Waals surface area contributed by atoms with E-state index in [0.29, 0.717) is 30.3 Å². The minimum atomic E-state index is -5.74. The number of nitrogens with zero attached hydrogens (tertiary/aromatic N) is 4. The third-order valence-electron chi connectivity index (χ3n) is 6.14. The van der Waals surface area contributed by atoms with Gasteiger partial charge in [-0.2, -0.15) is 42.1 Å². The number of nitrogen functional groups attached to an aromatic ring is 2. The van der Waals surface area contributed by atoms with Crippen LogP contribution in [0.1, 0.15) is 0 Å². The molecule has 0 amide bonds. The van der Waals surface area contributed by atoms with Crippen LogP contribution in [0.3, 0.4) is 0 Å². The number of aromatic hydroxyl groups is 1. The van der Waals surface area contributed by atoms with Crippen LogP contribution in [0.2, 0.25) is 0 Å². The number of phenols is 1. The van der Waals surface area contributed by atoms with Gasteiger partial charge in [0.05, 0.1) is 20.9 Å². The molecule has 262 valence electrons. The second kappa shape index (κ2) is 12.3. The van der Waals surface area contributed by atoms with E-state index in [2.05, 4.69) is 20.5 Å². The van der Waals surface area contributed by atoms with E-state index in [1.54, 1.807) is 0 Å². The lowest BCUT2D eigenvalue weighted by molar-refractivity contribution is 0.471. The summed E-state index contributed by atoms with van der Waals surface area (Å²) < 4.78 is 169. The van der Waals surface area contributed by atoms with E-state index in [4.69, 9.17) is 11.5 Å². The number of anilines is 2. The molecule has 0 saturated heterocycles. The van der Waals surface area contributed by atoms with Crippen molar-refractivity contribution in [3.8, 4) is 5.75 Å². The second-order valence-electron chi connectivity index (χ2n) is 9.44. The Bertz CT molecular complexity index is 2710. The van der Waals surface area contributed by atoms with Gasteiger partial charge in [-0.05, 0) is 42.5 Å². The minimum absolute atomic E-state index is 0.158. The van der Waals surface area contributed by atoms with Gasteiger partial charge in [0.25, 0.3) is 50.6 Å². The minimum Gasteiger partial charge on any atom is -0.507 e. The van der Waals surface area contributed by atoms with Crippen LogP contribution in [0.4, 0.5) is 34.1 Å². The molecule has 0 atom stereocenters. The molecule has 0 spiro atoms. The Labute approximate surface area is 275 Å². The fourth-order valence-electron chi connectivity index (χ4n) is 4.13. The van der Waals surface area contributed by atoms with Crippen molar-refractivity contribution in [3.63, 3.8) is 0 Å². The number of hydrogen-bond donors (Lipinski definition) is 8. The van der Waals surface area contributed by atoms with Crippen LogP contribution in [0, 0.1) is 0 Å². The Morgan fingerprint density at radius 1 is 0.510 bits per heavy atom. The third-order valence-corrected chi connectivity index (χ3v) is 10.5. The van der Waals surface area contributed by atoms with E-state index in [-0.39, 0.29) is 5.69 Å². The second-order valence-corrected chi connectivity index (χ2v) is 16.4. The average Bonchev–Trinajstić information content (AvgIpc) is 2.92. The molecule has 10 N–H and O–H groups in total. The lowest BCUT2D eigenvalue weighted by Gasteiger charge is -2.15. The van der Waals surface area contributed by atoms with Crippen molar-refractivity contribution in [1.82, 2.24) is 0 Å². The Balaban J connectivity index is 2.24. The maximum absolute atomic E-state index is 12.8. The average molecular weight is 783 g/mol. The van der Waals surface area contributed by atoms with Crippen molar-refractivity contribution in [2.45, 2.75) is 24.5 Å². The summed E-state index contributed by atoms with van der Waals surface area (Å²) in [4.78, 5) is -5.81. The highest BCUT2D eigenvalue weighted by atomic mass is 32.2. The summed E-state index contributed by atoms with van der Waals surface area (Å²) in [6, 6.07) is 4.82. The summed E-state index contributed by atoms with van der Waals surface area (Å²) in [6.45, 7) is 0. The molecule has 4 aromatic rings. The summed E-state index contributed by atoms with van der Waals surface area (Å²) in [6.07, 6.45) is 0. The summed E-state index contributed by atoms with van der Waals surface area (Å²) in [7, 11) is -26.3. The standard InChI is InChI=1S/C22H18N6O16S5/c23-9-1-3-16(47(36,37)38)13(5-9)25-28-21-19(24)18-12(6-11(8-15(18)29)46(33,34)35)20(22(21)49(42,43)44)27-26-14-7-10(45(30,31)32)2-4-17(14)48(39,40)41/h1-8,29H,23-24H2,(H,30,31,32)(H,33,34,35)(H,36,37,38)(H,39,40,41)(H,42,43,44). The molecule has 0 aliphatic carbocycles. The van der Waals surface area contributed by atoms with Crippen LogP contribution in [0.15, 0.2) is 93.5 Å².